The van der Waals surface area contributed by atoms with Crippen LogP contribution in [0.4, 0.5) is 0 Å². The second-order valence-corrected chi connectivity index (χ2v) is 5.43. The summed E-state index contributed by atoms with van der Waals surface area (Å²) in [5.74, 6) is 0.202. The van der Waals surface area contributed by atoms with E-state index < -0.39 is 0 Å². The SMILES string of the molecule is COCCNCC(=O)N1CCN(C2CCOCC2)CC1. The number of hydrogen-bond donors (Lipinski definition) is 1. The van der Waals surface area contributed by atoms with E-state index in [1.54, 1.807) is 7.11 Å². The number of carbonyl (C=O) groups is 1. The van der Waals surface area contributed by atoms with Crippen LogP contribution in [0, 0.1) is 0 Å². The number of piperazine rings is 1. The number of nitrogens with zero attached hydrogens (tertiary/aromatic N) is 2. The van der Waals surface area contributed by atoms with Gasteiger partial charge in [-0.1, -0.05) is 0 Å². The summed E-state index contributed by atoms with van der Waals surface area (Å²) in [4.78, 5) is 16.5. The van der Waals surface area contributed by atoms with Gasteiger partial charge < -0.3 is 19.7 Å². The van der Waals surface area contributed by atoms with Gasteiger partial charge in [0, 0.05) is 59.1 Å². The first kappa shape index (κ1) is 15.7. The summed E-state index contributed by atoms with van der Waals surface area (Å²) in [6, 6.07) is 0.654. The van der Waals surface area contributed by atoms with Crippen LogP contribution in [0.15, 0.2) is 0 Å². The van der Waals surface area contributed by atoms with Crippen LogP contribution in [0.3, 0.4) is 0 Å². The number of amides is 1. The molecule has 2 fully saturated rings. The molecule has 0 aromatic heterocycles. The van der Waals surface area contributed by atoms with Crippen LogP contribution in [0.5, 0.6) is 0 Å². The smallest absolute Gasteiger partial charge is 0.236 e. The van der Waals surface area contributed by atoms with Gasteiger partial charge in [-0.15, -0.1) is 0 Å². The maximum Gasteiger partial charge on any atom is 0.236 e. The Balaban J connectivity index is 1.64. The third-order valence-electron chi connectivity index (χ3n) is 4.13. The molecule has 2 heterocycles. The molecule has 20 heavy (non-hydrogen) atoms. The number of ether oxygens (including phenoxy) is 2. The van der Waals surface area contributed by atoms with Gasteiger partial charge in [-0.3, -0.25) is 9.69 Å². The highest BCUT2D eigenvalue weighted by molar-refractivity contribution is 5.78. The van der Waals surface area contributed by atoms with E-state index in [2.05, 4.69) is 10.2 Å². The van der Waals surface area contributed by atoms with Gasteiger partial charge in [0.2, 0.25) is 5.91 Å². The quantitative estimate of drug-likeness (QED) is 0.670. The Bertz CT molecular complexity index is 287. The van der Waals surface area contributed by atoms with Crippen molar-refractivity contribution >= 4 is 5.91 Å². The van der Waals surface area contributed by atoms with E-state index >= 15 is 0 Å². The van der Waals surface area contributed by atoms with E-state index in [1.165, 1.54) is 0 Å². The molecule has 0 aromatic rings. The van der Waals surface area contributed by atoms with Gasteiger partial charge in [0.1, 0.15) is 0 Å². The molecule has 0 aromatic carbocycles. The van der Waals surface area contributed by atoms with Gasteiger partial charge in [0.25, 0.3) is 0 Å². The second-order valence-electron chi connectivity index (χ2n) is 5.43. The number of nitrogens with one attached hydrogen (secondary N) is 1. The van der Waals surface area contributed by atoms with E-state index in [9.17, 15) is 4.79 Å². The fourth-order valence-electron chi connectivity index (χ4n) is 2.87. The van der Waals surface area contributed by atoms with Gasteiger partial charge in [-0.2, -0.15) is 0 Å². The van der Waals surface area contributed by atoms with Gasteiger partial charge in [0.15, 0.2) is 0 Å². The minimum Gasteiger partial charge on any atom is -0.383 e. The molecule has 0 aliphatic carbocycles. The molecule has 0 saturated carbocycles. The standard InChI is InChI=1S/C14H27N3O3/c1-19-11-4-15-12-14(18)17-7-5-16(6-8-17)13-2-9-20-10-3-13/h13,15H,2-12H2,1H3. The highest BCUT2D eigenvalue weighted by Gasteiger charge is 2.26. The van der Waals surface area contributed by atoms with E-state index in [0.29, 0.717) is 19.2 Å². The van der Waals surface area contributed by atoms with Crippen LogP contribution in [-0.4, -0.2) is 87.9 Å². The van der Waals surface area contributed by atoms with Crippen LogP contribution in [0.1, 0.15) is 12.8 Å². The predicted molar refractivity (Wildman–Crippen MR) is 76.7 cm³/mol. The molecule has 2 aliphatic rings. The predicted octanol–water partition coefficient (Wildman–Crippen LogP) is -0.454. The van der Waals surface area contributed by atoms with Gasteiger partial charge in [0.05, 0.1) is 13.2 Å². The Kier molecular flexibility index (Phi) is 6.72. The molecule has 116 valence electrons. The van der Waals surface area contributed by atoms with Crippen molar-refractivity contribution in [1.29, 1.82) is 0 Å². The minimum atomic E-state index is 0.202. The highest BCUT2D eigenvalue weighted by atomic mass is 16.5. The molecule has 2 saturated heterocycles. The Labute approximate surface area is 121 Å². The third kappa shape index (κ3) is 4.70. The van der Waals surface area contributed by atoms with E-state index in [4.69, 9.17) is 9.47 Å². The van der Waals surface area contributed by atoms with Gasteiger partial charge >= 0.3 is 0 Å². The molecule has 0 spiro atoms. The zero-order valence-electron chi connectivity index (χ0n) is 12.5. The zero-order chi connectivity index (χ0) is 14.2. The summed E-state index contributed by atoms with van der Waals surface area (Å²) in [5.41, 5.74) is 0. The Morgan fingerprint density at radius 3 is 2.60 bits per heavy atom. The molecule has 1 N–H and O–H groups in total. The van der Waals surface area contributed by atoms with Gasteiger partial charge in [-0.05, 0) is 12.8 Å². The maximum atomic E-state index is 12.0. The van der Waals surface area contributed by atoms with Crippen molar-refractivity contribution in [1.82, 2.24) is 15.1 Å². The Morgan fingerprint density at radius 1 is 1.25 bits per heavy atom. The highest BCUT2D eigenvalue weighted by Crippen LogP contribution is 2.16. The van der Waals surface area contributed by atoms with Crippen molar-refractivity contribution in [2.45, 2.75) is 18.9 Å². The van der Waals surface area contributed by atoms with Crippen molar-refractivity contribution in [3.8, 4) is 0 Å². The van der Waals surface area contributed by atoms with Crippen molar-refractivity contribution < 1.29 is 14.3 Å². The van der Waals surface area contributed by atoms with E-state index in [-0.39, 0.29) is 5.91 Å². The molecule has 6 heteroatoms. The Hall–Kier alpha value is -0.690. The molecule has 0 bridgehead atoms. The third-order valence-corrected chi connectivity index (χ3v) is 4.13. The molecular formula is C14H27N3O3. The summed E-state index contributed by atoms with van der Waals surface area (Å²) in [6.07, 6.45) is 2.26. The number of methoxy groups -OCH3 is 1. The average Bonchev–Trinajstić information content (AvgIpc) is 2.52. The largest absolute Gasteiger partial charge is 0.383 e. The lowest BCUT2D eigenvalue weighted by Crippen LogP contribution is -2.54. The molecule has 0 unspecified atom stereocenters. The first-order chi connectivity index (χ1) is 9.81. The summed E-state index contributed by atoms with van der Waals surface area (Å²) < 4.78 is 10.4. The summed E-state index contributed by atoms with van der Waals surface area (Å²) in [6.45, 7) is 7.24. The minimum absolute atomic E-state index is 0.202. The number of rotatable bonds is 6. The van der Waals surface area contributed by atoms with Crippen LogP contribution >= 0.6 is 0 Å². The van der Waals surface area contributed by atoms with Crippen molar-refractivity contribution in [3.05, 3.63) is 0 Å². The number of hydrogen-bond acceptors (Lipinski definition) is 5. The van der Waals surface area contributed by atoms with Crippen LogP contribution < -0.4 is 5.32 Å². The monoisotopic (exact) mass is 285 g/mol. The lowest BCUT2D eigenvalue weighted by molar-refractivity contribution is -0.132. The normalized spacial score (nSPS) is 22.1. The summed E-state index contributed by atoms with van der Waals surface area (Å²) in [7, 11) is 1.67. The first-order valence-corrected chi connectivity index (χ1v) is 7.60. The molecule has 2 aliphatic heterocycles. The maximum absolute atomic E-state index is 12.0. The van der Waals surface area contributed by atoms with Crippen LogP contribution in [0.2, 0.25) is 0 Å². The second kappa shape index (κ2) is 8.56. The summed E-state index contributed by atoms with van der Waals surface area (Å²) in [5, 5.41) is 3.11. The van der Waals surface area contributed by atoms with Crippen molar-refractivity contribution in [2.24, 2.45) is 0 Å². The van der Waals surface area contributed by atoms with Crippen LogP contribution in [-0.2, 0) is 14.3 Å². The Morgan fingerprint density at radius 2 is 1.95 bits per heavy atom. The van der Waals surface area contributed by atoms with Crippen molar-refractivity contribution in [2.75, 3.05) is 66.2 Å². The first-order valence-electron chi connectivity index (χ1n) is 7.60. The molecular weight excluding hydrogens is 258 g/mol. The molecule has 1 amide bonds. The lowest BCUT2D eigenvalue weighted by Gasteiger charge is -2.40. The fraction of sp³-hybridized carbons (Fsp3) is 0.929. The molecule has 0 radical (unpaired) electrons. The molecule has 6 nitrogen and oxygen atoms in total. The average molecular weight is 285 g/mol. The topological polar surface area (TPSA) is 54.0 Å². The van der Waals surface area contributed by atoms with Crippen molar-refractivity contribution in [3.63, 3.8) is 0 Å². The zero-order valence-corrected chi connectivity index (χ0v) is 12.5. The van der Waals surface area contributed by atoms with Gasteiger partial charge in [-0.25, -0.2) is 0 Å². The van der Waals surface area contributed by atoms with E-state index in [1.807, 2.05) is 4.90 Å². The number of carbonyl (C=O) groups excluding carboxylic acids is 1. The summed E-state index contributed by atoms with van der Waals surface area (Å²) >= 11 is 0. The molecule has 0 atom stereocenters. The molecule has 2 rings (SSSR count). The lowest BCUT2D eigenvalue weighted by atomic mass is 10.1. The van der Waals surface area contributed by atoms with Crippen LogP contribution in [0.25, 0.3) is 0 Å². The fourth-order valence-corrected chi connectivity index (χ4v) is 2.87. The van der Waals surface area contributed by atoms with E-state index in [0.717, 1.165) is 58.8 Å².